The van der Waals surface area contributed by atoms with Crippen molar-refractivity contribution in [3.8, 4) is 0 Å². The van der Waals surface area contributed by atoms with Crippen LogP contribution in [0.4, 0.5) is 0 Å². The standard InChI is InChI=1S/C11H18O5/c1-5-9(15-7(3)12)11(14)10(6-2)16-8(4)13/h9-10H,5-6H2,1-4H3. The van der Waals surface area contributed by atoms with Crippen molar-refractivity contribution in [2.75, 3.05) is 0 Å². The Labute approximate surface area is 95.1 Å². The smallest absolute Gasteiger partial charge is 0.303 e. The van der Waals surface area contributed by atoms with Crippen LogP contribution in [0.15, 0.2) is 0 Å². The van der Waals surface area contributed by atoms with E-state index in [4.69, 9.17) is 9.47 Å². The van der Waals surface area contributed by atoms with Gasteiger partial charge in [0.15, 0.2) is 12.2 Å². The van der Waals surface area contributed by atoms with E-state index in [1.165, 1.54) is 13.8 Å². The summed E-state index contributed by atoms with van der Waals surface area (Å²) in [5, 5.41) is 0. The molecule has 5 heteroatoms. The predicted octanol–water partition coefficient (Wildman–Crippen LogP) is 1.24. The molecule has 0 aromatic carbocycles. The summed E-state index contributed by atoms with van der Waals surface area (Å²) in [5.41, 5.74) is 0. The molecule has 0 radical (unpaired) electrons. The Morgan fingerprint density at radius 3 is 1.38 bits per heavy atom. The molecule has 0 rings (SSSR count). The maximum atomic E-state index is 11.8. The van der Waals surface area contributed by atoms with Gasteiger partial charge < -0.3 is 9.47 Å². The van der Waals surface area contributed by atoms with Gasteiger partial charge in [-0.05, 0) is 12.8 Å². The van der Waals surface area contributed by atoms with Crippen LogP contribution in [0.5, 0.6) is 0 Å². The van der Waals surface area contributed by atoms with Gasteiger partial charge in [0.25, 0.3) is 0 Å². The summed E-state index contributed by atoms with van der Waals surface area (Å²) in [4.78, 5) is 33.4. The molecule has 0 aliphatic carbocycles. The minimum atomic E-state index is -0.832. The number of Topliss-reactive ketones (excluding diaryl/α,β-unsaturated/α-hetero) is 1. The lowest BCUT2D eigenvalue weighted by Crippen LogP contribution is -2.37. The fourth-order valence-corrected chi connectivity index (χ4v) is 1.29. The number of carbonyl (C=O) groups excluding carboxylic acids is 3. The maximum Gasteiger partial charge on any atom is 0.303 e. The SMILES string of the molecule is CCC(OC(C)=O)C(=O)C(CC)OC(C)=O. The van der Waals surface area contributed by atoms with Crippen LogP contribution in [-0.4, -0.2) is 29.9 Å². The summed E-state index contributed by atoms with van der Waals surface area (Å²) in [6, 6.07) is 0. The van der Waals surface area contributed by atoms with E-state index in [-0.39, 0.29) is 5.78 Å². The molecule has 2 unspecified atom stereocenters. The first-order chi connectivity index (χ1) is 7.42. The molecule has 0 aliphatic rings. The number of carbonyl (C=O) groups is 3. The van der Waals surface area contributed by atoms with Crippen LogP contribution >= 0.6 is 0 Å². The van der Waals surface area contributed by atoms with Crippen molar-refractivity contribution in [1.82, 2.24) is 0 Å². The van der Waals surface area contributed by atoms with Crippen LogP contribution in [0.25, 0.3) is 0 Å². The molecule has 0 saturated heterocycles. The summed E-state index contributed by atoms with van der Waals surface area (Å²) in [5.74, 6) is -1.40. The fourth-order valence-electron chi connectivity index (χ4n) is 1.29. The number of hydrogen-bond acceptors (Lipinski definition) is 5. The van der Waals surface area contributed by atoms with Crippen molar-refractivity contribution < 1.29 is 23.9 Å². The van der Waals surface area contributed by atoms with Crippen LogP contribution in [0.1, 0.15) is 40.5 Å². The number of rotatable bonds is 6. The van der Waals surface area contributed by atoms with Crippen LogP contribution in [-0.2, 0) is 23.9 Å². The summed E-state index contributed by atoms with van der Waals surface area (Å²) >= 11 is 0. The Kier molecular flexibility index (Phi) is 6.37. The van der Waals surface area contributed by atoms with Gasteiger partial charge in [-0.25, -0.2) is 0 Å². The normalized spacial score (nSPS) is 13.8. The van der Waals surface area contributed by atoms with Gasteiger partial charge in [-0.1, -0.05) is 13.8 Å². The van der Waals surface area contributed by atoms with Gasteiger partial charge in [0.2, 0.25) is 5.78 Å². The van der Waals surface area contributed by atoms with Crippen LogP contribution in [0, 0.1) is 0 Å². The summed E-state index contributed by atoms with van der Waals surface area (Å²) in [6.45, 7) is 5.93. The van der Waals surface area contributed by atoms with E-state index < -0.39 is 24.1 Å². The third kappa shape index (κ3) is 4.91. The summed E-state index contributed by atoms with van der Waals surface area (Å²) < 4.78 is 9.69. The van der Waals surface area contributed by atoms with E-state index in [9.17, 15) is 14.4 Å². The zero-order valence-corrected chi connectivity index (χ0v) is 10.1. The van der Waals surface area contributed by atoms with Gasteiger partial charge >= 0.3 is 11.9 Å². The Balaban J connectivity index is 4.56. The van der Waals surface area contributed by atoms with Gasteiger partial charge in [-0.15, -0.1) is 0 Å². The highest BCUT2D eigenvalue weighted by Crippen LogP contribution is 2.09. The zero-order chi connectivity index (χ0) is 12.7. The minimum Gasteiger partial charge on any atom is -0.454 e. The third-order valence-electron chi connectivity index (χ3n) is 1.99. The first kappa shape index (κ1) is 14.6. The van der Waals surface area contributed by atoms with Gasteiger partial charge in [-0.2, -0.15) is 0 Å². The second kappa shape index (κ2) is 6.98. The topological polar surface area (TPSA) is 69.7 Å². The molecular formula is C11H18O5. The second-order valence-electron chi connectivity index (χ2n) is 3.42. The second-order valence-corrected chi connectivity index (χ2v) is 3.42. The molecule has 16 heavy (non-hydrogen) atoms. The Morgan fingerprint density at radius 1 is 0.875 bits per heavy atom. The molecule has 0 fully saturated rings. The van der Waals surface area contributed by atoms with E-state index in [0.29, 0.717) is 12.8 Å². The maximum absolute atomic E-state index is 11.8. The van der Waals surface area contributed by atoms with Crippen molar-refractivity contribution in [3.63, 3.8) is 0 Å². The molecule has 92 valence electrons. The molecular weight excluding hydrogens is 212 g/mol. The number of esters is 2. The highest BCUT2D eigenvalue weighted by molar-refractivity contribution is 5.90. The molecule has 0 heterocycles. The molecule has 0 amide bonds. The Hall–Kier alpha value is -1.39. The van der Waals surface area contributed by atoms with Crippen LogP contribution < -0.4 is 0 Å². The van der Waals surface area contributed by atoms with Crippen molar-refractivity contribution in [3.05, 3.63) is 0 Å². The fraction of sp³-hybridized carbons (Fsp3) is 0.727. The lowest BCUT2D eigenvalue weighted by molar-refractivity contribution is -0.162. The first-order valence-corrected chi connectivity index (χ1v) is 5.30. The van der Waals surface area contributed by atoms with Gasteiger partial charge in [0.1, 0.15) is 0 Å². The zero-order valence-electron chi connectivity index (χ0n) is 10.1. The van der Waals surface area contributed by atoms with Crippen molar-refractivity contribution in [2.45, 2.75) is 52.7 Å². The highest BCUT2D eigenvalue weighted by atomic mass is 16.6. The monoisotopic (exact) mass is 230 g/mol. The van der Waals surface area contributed by atoms with E-state index in [2.05, 4.69) is 0 Å². The van der Waals surface area contributed by atoms with Crippen LogP contribution in [0.2, 0.25) is 0 Å². The van der Waals surface area contributed by atoms with Crippen LogP contribution in [0.3, 0.4) is 0 Å². The summed E-state index contributed by atoms with van der Waals surface area (Å²) in [6.07, 6.45) is -0.921. The van der Waals surface area contributed by atoms with Gasteiger partial charge in [0, 0.05) is 13.8 Å². The minimum absolute atomic E-state index is 0.365. The van der Waals surface area contributed by atoms with Gasteiger partial charge in [-0.3, -0.25) is 14.4 Å². The molecule has 0 aromatic heterocycles. The van der Waals surface area contributed by atoms with Crippen molar-refractivity contribution in [2.24, 2.45) is 0 Å². The molecule has 0 bridgehead atoms. The Morgan fingerprint density at radius 2 is 1.19 bits per heavy atom. The molecule has 0 aromatic rings. The quantitative estimate of drug-likeness (QED) is 0.642. The molecule has 0 N–H and O–H groups in total. The lowest BCUT2D eigenvalue weighted by atomic mass is 10.1. The highest BCUT2D eigenvalue weighted by Gasteiger charge is 2.28. The number of ketones is 1. The van der Waals surface area contributed by atoms with Crippen molar-refractivity contribution >= 4 is 17.7 Å². The predicted molar refractivity (Wildman–Crippen MR) is 56.7 cm³/mol. The molecule has 2 atom stereocenters. The first-order valence-electron chi connectivity index (χ1n) is 5.30. The van der Waals surface area contributed by atoms with Crippen molar-refractivity contribution in [1.29, 1.82) is 0 Å². The molecule has 0 aliphatic heterocycles. The number of ether oxygens (including phenoxy) is 2. The average molecular weight is 230 g/mol. The van der Waals surface area contributed by atoms with E-state index in [1.54, 1.807) is 13.8 Å². The Bertz CT molecular complexity index is 246. The molecule has 5 nitrogen and oxygen atoms in total. The van der Waals surface area contributed by atoms with E-state index >= 15 is 0 Å². The molecule has 0 spiro atoms. The third-order valence-corrected chi connectivity index (χ3v) is 1.99. The summed E-state index contributed by atoms with van der Waals surface area (Å²) in [7, 11) is 0. The number of hydrogen-bond donors (Lipinski definition) is 0. The van der Waals surface area contributed by atoms with E-state index in [0.717, 1.165) is 0 Å². The van der Waals surface area contributed by atoms with E-state index in [1.807, 2.05) is 0 Å². The average Bonchev–Trinajstić information content (AvgIpc) is 2.20. The lowest BCUT2D eigenvalue weighted by Gasteiger charge is -2.19. The van der Waals surface area contributed by atoms with Gasteiger partial charge in [0.05, 0.1) is 0 Å². The molecule has 0 saturated carbocycles. The largest absolute Gasteiger partial charge is 0.454 e.